The van der Waals surface area contributed by atoms with Crippen molar-refractivity contribution in [3.05, 3.63) is 47.3 Å². The third-order valence-corrected chi connectivity index (χ3v) is 3.02. The number of nitrogens with zero attached hydrogens (tertiary/aromatic N) is 1. The Morgan fingerprint density at radius 2 is 2.05 bits per heavy atom. The minimum Gasteiger partial charge on any atom is -0.320 e. The number of rotatable bonds is 3. The van der Waals surface area contributed by atoms with Crippen molar-refractivity contribution in [3.8, 4) is 0 Å². The third-order valence-electron chi connectivity index (χ3n) is 3.02. The van der Waals surface area contributed by atoms with E-state index in [0.717, 1.165) is 30.7 Å². The molecule has 19 heavy (non-hydrogen) atoms. The van der Waals surface area contributed by atoms with Gasteiger partial charge in [0.2, 0.25) is 0 Å². The summed E-state index contributed by atoms with van der Waals surface area (Å²) in [5.41, 5.74) is 1.38. The average Bonchev–Trinajstić information content (AvgIpc) is 3.11. The van der Waals surface area contributed by atoms with E-state index in [4.69, 9.17) is 0 Å². The number of nitrogens with one attached hydrogen (secondary N) is 2. The molecule has 0 spiro atoms. The van der Waals surface area contributed by atoms with E-state index < -0.39 is 17.5 Å². The van der Waals surface area contributed by atoms with Gasteiger partial charge in [-0.25, -0.2) is 8.78 Å². The first kappa shape index (κ1) is 11.8. The second-order valence-corrected chi connectivity index (χ2v) is 4.57. The van der Waals surface area contributed by atoms with Crippen LogP contribution in [-0.2, 0) is 0 Å². The van der Waals surface area contributed by atoms with Gasteiger partial charge in [0.1, 0.15) is 0 Å². The van der Waals surface area contributed by atoms with Crippen LogP contribution >= 0.6 is 0 Å². The van der Waals surface area contributed by atoms with Crippen LogP contribution < -0.4 is 5.32 Å². The van der Waals surface area contributed by atoms with Crippen LogP contribution in [0.4, 0.5) is 14.5 Å². The predicted molar refractivity (Wildman–Crippen MR) is 64.9 cm³/mol. The quantitative estimate of drug-likeness (QED) is 0.894. The molecule has 1 amide bonds. The number of anilines is 1. The summed E-state index contributed by atoms with van der Waals surface area (Å²) >= 11 is 0. The summed E-state index contributed by atoms with van der Waals surface area (Å²) < 4.78 is 25.8. The molecule has 0 unspecified atom stereocenters. The zero-order valence-electron chi connectivity index (χ0n) is 9.91. The van der Waals surface area contributed by atoms with E-state index >= 15 is 0 Å². The van der Waals surface area contributed by atoms with Gasteiger partial charge in [-0.2, -0.15) is 5.10 Å². The average molecular weight is 263 g/mol. The van der Waals surface area contributed by atoms with Crippen LogP contribution in [0.5, 0.6) is 0 Å². The molecule has 0 bridgehead atoms. The summed E-state index contributed by atoms with van der Waals surface area (Å²) in [4.78, 5) is 11.9. The van der Waals surface area contributed by atoms with Crippen molar-refractivity contribution >= 4 is 11.6 Å². The Balaban J connectivity index is 1.74. The zero-order valence-corrected chi connectivity index (χ0v) is 9.91. The Bertz CT molecular complexity index is 635. The van der Waals surface area contributed by atoms with Crippen LogP contribution in [-0.4, -0.2) is 16.1 Å². The topological polar surface area (TPSA) is 57.8 Å². The highest BCUT2D eigenvalue weighted by atomic mass is 19.2. The number of carbonyl (C=O) groups excluding carboxylic acids is 1. The minimum atomic E-state index is -1.00. The standard InChI is InChI=1S/C13H11F2N3O/c14-9-4-3-8(5-10(9)15)16-13(19)12-6-11(17-18-12)7-1-2-7/h3-7H,1-2H2,(H,16,19)(H,17,18). The van der Waals surface area contributed by atoms with E-state index in [9.17, 15) is 13.6 Å². The van der Waals surface area contributed by atoms with Crippen LogP contribution in [0.3, 0.4) is 0 Å². The second-order valence-electron chi connectivity index (χ2n) is 4.57. The lowest BCUT2D eigenvalue weighted by Crippen LogP contribution is -2.12. The first-order valence-corrected chi connectivity index (χ1v) is 5.95. The summed E-state index contributed by atoms with van der Waals surface area (Å²) in [6, 6.07) is 4.88. The molecule has 0 radical (unpaired) electrons. The first-order valence-electron chi connectivity index (χ1n) is 5.95. The van der Waals surface area contributed by atoms with Gasteiger partial charge in [-0.05, 0) is 31.0 Å². The lowest BCUT2D eigenvalue weighted by Gasteiger charge is -2.03. The van der Waals surface area contributed by atoms with E-state index in [1.54, 1.807) is 6.07 Å². The van der Waals surface area contributed by atoms with E-state index in [0.29, 0.717) is 5.92 Å². The van der Waals surface area contributed by atoms with Crippen molar-refractivity contribution in [2.24, 2.45) is 0 Å². The fraction of sp³-hybridized carbons (Fsp3) is 0.231. The monoisotopic (exact) mass is 263 g/mol. The van der Waals surface area contributed by atoms with Gasteiger partial charge in [0.25, 0.3) is 5.91 Å². The Morgan fingerprint density at radius 3 is 2.74 bits per heavy atom. The number of aromatic amines is 1. The Kier molecular flexibility index (Phi) is 2.77. The Labute approximate surface area is 107 Å². The lowest BCUT2D eigenvalue weighted by atomic mass is 10.2. The molecule has 4 nitrogen and oxygen atoms in total. The molecule has 2 N–H and O–H groups in total. The van der Waals surface area contributed by atoms with Crippen molar-refractivity contribution < 1.29 is 13.6 Å². The number of aromatic nitrogens is 2. The molecule has 0 saturated heterocycles. The molecule has 6 heteroatoms. The molecule has 1 fully saturated rings. The number of H-pyrrole nitrogens is 1. The van der Waals surface area contributed by atoms with Gasteiger partial charge in [-0.15, -0.1) is 0 Å². The fourth-order valence-electron chi connectivity index (χ4n) is 1.83. The van der Waals surface area contributed by atoms with Gasteiger partial charge in [0, 0.05) is 23.4 Å². The van der Waals surface area contributed by atoms with E-state index in [1.165, 1.54) is 6.07 Å². The lowest BCUT2D eigenvalue weighted by molar-refractivity contribution is 0.102. The molecule has 1 aromatic carbocycles. The number of amides is 1. The fourth-order valence-corrected chi connectivity index (χ4v) is 1.83. The van der Waals surface area contributed by atoms with Gasteiger partial charge in [-0.3, -0.25) is 9.89 Å². The largest absolute Gasteiger partial charge is 0.320 e. The van der Waals surface area contributed by atoms with Gasteiger partial charge in [-0.1, -0.05) is 0 Å². The maximum absolute atomic E-state index is 13.0. The Hall–Kier alpha value is -2.24. The number of carbonyl (C=O) groups is 1. The van der Waals surface area contributed by atoms with Crippen LogP contribution in [0.2, 0.25) is 0 Å². The number of halogens is 2. The molecule has 2 aromatic rings. The van der Waals surface area contributed by atoms with Crippen LogP contribution in [0.1, 0.15) is 34.9 Å². The maximum atomic E-state index is 13.0. The molecule has 98 valence electrons. The Morgan fingerprint density at radius 1 is 1.26 bits per heavy atom. The molecular formula is C13H11F2N3O. The zero-order chi connectivity index (χ0) is 13.4. The summed E-state index contributed by atoms with van der Waals surface area (Å²) in [7, 11) is 0. The van der Waals surface area contributed by atoms with Crippen LogP contribution in [0, 0.1) is 11.6 Å². The minimum absolute atomic E-state index is 0.194. The molecule has 3 rings (SSSR count). The van der Waals surface area contributed by atoms with Crippen molar-refractivity contribution in [2.45, 2.75) is 18.8 Å². The van der Waals surface area contributed by atoms with E-state index in [1.807, 2.05) is 0 Å². The summed E-state index contributed by atoms with van der Waals surface area (Å²) in [5, 5.41) is 9.19. The molecule has 1 heterocycles. The van der Waals surface area contributed by atoms with Gasteiger partial charge in [0.05, 0.1) is 0 Å². The van der Waals surface area contributed by atoms with Gasteiger partial charge in [0.15, 0.2) is 17.3 Å². The van der Waals surface area contributed by atoms with Crippen molar-refractivity contribution in [3.63, 3.8) is 0 Å². The number of hydrogen-bond donors (Lipinski definition) is 2. The number of benzene rings is 1. The molecule has 0 atom stereocenters. The SMILES string of the molecule is O=C(Nc1ccc(F)c(F)c1)c1cc(C2CC2)[nH]n1. The van der Waals surface area contributed by atoms with Gasteiger partial charge < -0.3 is 5.32 Å². The normalized spacial score (nSPS) is 14.4. The van der Waals surface area contributed by atoms with Crippen molar-refractivity contribution in [1.29, 1.82) is 0 Å². The first-order chi connectivity index (χ1) is 9.13. The van der Waals surface area contributed by atoms with Crippen LogP contribution in [0.25, 0.3) is 0 Å². The highest BCUT2D eigenvalue weighted by Gasteiger charge is 2.26. The maximum Gasteiger partial charge on any atom is 0.276 e. The molecule has 1 aliphatic carbocycles. The van der Waals surface area contributed by atoms with Gasteiger partial charge >= 0.3 is 0 Å². The second kappa shape index (κ2) is 4.46. The molecule has 0 aliphatic heterocycles. The highest BCUT2D eigenvalue weighted by Crippen LogP contribution is 2.39. The summed E-state index contributed by atoms with van der Waals surface area (Å²) in [6.45, 7) is 0. The number of hydrogen-bond acceptors (Lipinski definition) is 2. The van der Waals surface area contributed by atoms with Crippen LogP contribution in [0.15, 0.2) is 24.3 Å². The van der Waals surface area contributed by atoms with Crippen molar-refractivity contribution in [1.82, 2.24) is 10.2 Å². The third kappa shape index (κ3) is 2.47. The smallest absolute Gasteiger partial charge is 0.276 e. The predicted octanol–water partition coefficient (Wildman–Crippen LogP) is 2.82. The summed E-state index contributed by atoms with van der Waals surface area (Å²) in [6.07, 6.45) is 2.21. The van der Waals surface area contributed by atoms with Crippen molar-refractivity contribution in [2.75, 3.05) is 5.32 Å². The van der Waals surface area contributed by atoms with E-state index in [2.05, 4.69) is 15.5 Å². The molecule has 1 aliphatic rings. The molecule has 1 aromatic heterocycles. The highest BCUT2D eigenvalue weighted by molar-refractivity contribution is 6.02. The molecule has 1 saturated carbocycles. The molecular weight excluding hydrogens is 252 g/mol. The summed E-state index contributed by atoms with van der Waals surface area (Å²) in [5.74, 6) is -1.93. The van der Waals surface area contributed by atoms with E-state index in [-0.39, 0.29) is 11.4 Å².